The van der Waals surface area contributed by atoms with Gasteiger partial charge in [0.05, 0.1) is 35.6 Å². The van der Waals surface area contributed by atoms with Crippen molar-refractivity contribution in [3.63, 3.8) is 0 Å². The Morgan fingerprint density at radius 1 is 1.29 bits per heavy atom. The van der Waals surface area contributed by atoms with Crippen molar-refractivity contribution in [1.29, 1.82) is 0 Å². The molecule has 5 heterocycles. The van der Waals surface area contributed by atoms with Crippen molar-refractivity contribution in [2.24, 2.45) is 0 Å². The van der Waals surface area contributed by atoms with Crippen molar-refractivity contribution in [2.75, 3.05) is 6.61 Å². The average Bonchev–Trinajstić information content (AvgIpc) is 3.57. The van der Waals surface area contributed by atoms with E-state index in [1.807, 2.05) is 30.3 Å². The van der Waals surface area contributed by atoms with Crippen LogP contribution in [-0.2, 0) is 42.6 Å². The number of cyclic esters (lactones) is 1. The van der Waals surface area contributed by atoms with Gasteiger partial charge in [-0.2, -0.15) is 0 Å². The van der Waals surface area contributed by atoms with Gasteiger partial charge in [-0.05, 0) is 24.6 Å². The highest BCUT2D eigenvalue weighted by atomic mass is 16.6. The lowest BCUT2D eigenvalue weighted by Gasteiger charge is -2.35. The number of para-hydroxylation sites is 1. The summed E-state index contributed by atoms with van der Waals surface area (Å²) < 4.78 is 17.6. The van der Waals surface area contributed by atoms with E-state index in [1.54, 1.807) is 17.6 Å². The zero-order valence-electron chi connectivity index (χ0n) is 16.7. The molecule has 0 bridgehead atoms. The maximum atomic E-state index is 13.4. The fourth-order valence-electron chi connectivity index (χ4n) is 4.50. The van der Waals surface area contributed by atoms with Gasteiger partial charge < -0.3 is 18.8 Å². The normalized spacial score (nSPS) is 23.0. The van der Waals surface area contributed by atoms with E-state index < -0.39 is 23.6 Å². The number of carbonyl (C=O) groups is 2. The van der Waals surface area contributed by atoms with E-state index in [1.165, 1.54) is 0 Å². The second-order valence-corrected chi connectivity index (χ2v) is 8.00. The monoisotopic (exact) mass is 418 g/mol. The summed E-state index contributed by atoms with van der Waals surface area (Å²) in [6.07, 6.45) is -0.538. The smallest absolute Gasteiger partial charge is 0.355 e. The van der Waals surface area contributed by atoms with Gasteiger partial charge in [-0.3, -0.25) is 4.79 Å². The van der Waals surface area contributed by atoms with Crippen LogP contribution in [0.3, 0.4) is 0 Å². The number of fused-ring (bicyclic) bond motifs is 5. The Morgan fingerprint density at radius 2 is 2.10 bits per heavy atom. The quantitative estimate of drug-likeness (QED) is 0.371. The molecule has 1 aromatic carbocycles. The van der Waals surface area contributed by atoms with Crippen LogP contribution < -0.4 is 5.56 Å². The predicted octanol–water partition coefficient (Wildman–Crippen LogP) is 2.03. The molecule has 0 N–H and O–H groups in total. The third kappa shape index (κ3) is 2.51. The summed E-state index contributed by atoms with van der Waals surface area (Å²) in [5, 5.41) is 0.992. The van der Waals surface area contributed by atoms with Crippen LogP contribution in [-0.4, -0.2) is 34.2 Å². The second-order valence-electron chi connectivity index (χ2n) is 8.00. The molecule has 0 aliphatic carbocycles. The topological polar surface area (TPSA) is 100 Å². The third-order valence-electron chi connectivity index (χ3n) is 6.26. The first-order chi connectivity index (χ1) is 15.0. The lowest BCUT2D eigenvalue weighted by Crippen LogP contribution is -2.48. The summed E-state index contributed by atoms with van der Waals surface area (Å²) in [5.41, 5.74) is 1.81. The van der Waals surface area contributed by atoms with E-state index in [4.69, 9.17) is 19.2 Å². The highest BCUT2D eigenvalue weighted by Crippen LogP contribution is 2.41. The number of benzene rings is 1. The van der Waals surface area contributed by atoms with Crippen LogP contribution in [0.1, 0.15) is 30.0 Å². The maximum Gasteiger partial charge on any atom is 0.355 e. The fourth-order valence-corrected chi connectivity index (χ4v) is 4.50. The molecule has 0 spiro atoms. The van der Waals surface area contributed by atoms with Crippen molar-refractivity contribution in [2.45, 2.75) is 38.2 Å². The lowest BCUT2D eigenvalue weighted by atomic mass is 9.85. The number of aromatic nitrogens is 2. The first-order valence-corrected chi connectivity index (χ1v) is 10.2. The Hall–Kier alpha value is -3.52. The third-order valence-corrected chi connectivity index (χ3v) is 6.26. The zero-order chi connectivity index (χ0) is 21.3. The standard InChI is InChI=1S/C23H18N2O6/c1-2-23(31-21(27)18-11-29-18)15-8-17-19-13(7-12-5-3-4-6-16(12)24-19)9-25(17)20(26)14(15)10-30-22(23)28/h3-8,18H,2,9-11H2,1H3/t18?,23-/m0/s1. The predicted molar refractivity (Wildman–Crippen MR) is 108 cm³/mol. The lowest BCUT2D eigenvalue weighted by molar-refractivity contribution is -0.190. The van der Waals surface area contributed by atoms with Crippen molar-refractivity contribution >= 4 is 22.8 Å². The SMILES string of the molecule is CC[C@@]1(OC(=O)C2CO2)C(=O)OCc2c1cc1n(c2=O)Cc2cc3ccccc3nc2-1. The molecule has 0 saturated carbocycles. The minimum Gasteiger partial charge on any atom is -0.457 e. The molecule has 8 heteroatoms. The molecule has 3 aliphatic rings. The zero-order valence-corrected chi connectivity index (χ0v) is 16.7. The molecule has 6 rings (SSSR count). The number of pyridine rings is 2. The minimum absolute atomic E-state index is 0.137. The summed E-state index contributed by atoms with van der Waals surface area (Å²) in [4.78, 5) is 43.4. The van der Waals surface area contributed by atoms with Gasteiger partial charge >= 0.3 is 11.9 Å². The van der Waals surface area contributed by atoms with Crippen LogP contribution in [0, 0.1) is 0 Å². The summed E-state index contributed by atoms with van der Waals surface area (Å²) in [6.45, 7) is 2.22. The number of esters is 2. The van der Waals surface area contributed by atoms with E-state index >= 15 is 0 Å². The van der Waals surface area contributed by atoms with Gasteiger partial charge in [0.15, 0.2) is 6.10 Å². The van der Waals surface area contributed by atoms with Crippen LogP contribution in [0.25, 0.3) is 22.3 Å². The number of nitrogens with zero attached hydrogens (tertiary/aromatic N) is 2. The molecule has 0 radical (unpaired) electrons. The van der Waals surface area contributed by atoms with E-state index in [9.17, 15) is 14.4 Å². The first kappa shape index (κ1) is 18.3. The molecule has 2 aromatic heterocycles. The number of ether oxygens (including phenoxy) is 3. The molecule has 0 amide bonds. The highest BCUT2D eigenvalue weighted by Gasteiger charge is 2.52. The van der Waals surface area contributed by atoms with E-state index in [0.717, 1.165) is 16.5 Å². The van der Waals surface area contributed by atoms with E-state index in [-0.39, 0.29) is 25.2 Å². The molecule has 3 aliphatic heterocycles. The molecule has 1 saturated heterocycles. The number of hydrogen-bond donors (Lipinski definition) is 0. The molecule has 1 fully saturated rings. The van der Waals surface area contributed by atoms with Gasteiger partial charge in [0.2, 0.25) is 5.60 Å². The van der Waals surface area contributed by atoms with Gasteiger partial charge in [0.1, 0.15) is 6.61 Å². The van der Waals surface area contributed by atoms with Crippen molar-refractivity contribution in [3.05, 3.63) is 63.4 Å². The molecule has 31 heavy (non-hydrogen) atoms. The Bertz CT molecular complexity index is 1360. The van der Waals surface area contributed by atoms with E-state index in [2.05, 4.69) is 0 Å². The van der Waals surface area contributed by atoms with Crippen LogP contribution in [0.4, 0.5) is 0 Å². The number of rotatable bonds is 3. The molecule has 8 nitrogen and oxygen atoms in total. The van der Waals surface area contributed by atoms with E-state index in [0.29, 0.717) is 29.1 Å². The minimum atomic E-state index is -1.68. The highest BCUT2D eigenvalue weighted by molar-refractivity contribution is 5.89. The van der Waals surface area contributed by atoms with Gasteiger partial charge in [-0.1, -0.05) is 25.1 Å². The molecule has 1 unspecified atom stereocenters. The summed E-state index contributed by atoms with van der Waals surface area (Å²) in [5.74, 6) is -1.30. The van der Waals surface area contributed by atoms with Crippen molar-refractivity contribution in [1.82, 2.24) is 9.55 Å². The van der Waals surface area contributed by atoms with Gasteiger partial charge in [-0.25, -0.2) is 14.6 Å². The van der Waals surface area contributed by atoms with Gasteiger partial charge in [0, 0.05) is 16.5 Å². The molecule has 2 atom stereocenters. The Kier molecular flexibility index (Phi) is 3.68. The fraction of sp³-hybridized carbons (Fsp3) is 0.304. The van der Waals surface area contributed by atoms with Crippen LogP contribution >= 0.6 is 0 Å². The Balaban J connectivity index is 1.57. The second kappa shape index (κ2) is 6.24. The maximum absolute atomic E-state index is 13.4. The number of hydrogen-bond acceptors (Lipinski definition) is 7. The Morgan fingerprint density at radius 3 is 2.87 bits per heavy atom. The largest absolute Gasteiger partial charge is 0.457 e. The van der Waals surface area contributed by atoms with Crippen LogP contribution in [0.5, 0.6) is 0 Å². The van der Waals surface area contributed by atoms with Gasteiger partial charge in [-0.15, -0.1) is 0 Å². The Labute approximate surface area is 176 Å². The van der Waals surface area contributed by atoms with Gasteiger partial charge in [0.25, 0.3) is 5.56 Å². The summed E-state index contributed by atoms with van der Waals surface area (Å²) >= 11 is 0. The van der Waals surface area contributed by atoms with Crippen molar-refractivity contribution < 1.29 is 23.8 Å². The molecular formula is C23H18N2O6. The molecule has 3 aromatic rings. The number of carbonyl (C=O) groups excluding carboxylic acids is 2. The van der Waals surface area contributed by atoms with Crippen LogP contribution in [0.2, 0.25) is 0 Å². The average molecular weight is 418 g/mol. The van der Waals surface area contributed by atoms with Crippen molar-refractivity contribution in [3.8, 4) is 11.4 Å². The first-order valence-electron chi connectivity index (χ1n) is 10.2. The summed E-state index contributed by atoms with van der Waals surface area (Å²) in [6, 6.07) is 11.5. The van der Waals surface area contributed by atoms with Crippen LogP contribution in [0.15, 0.2) is 41.2 Å². The summed E-state index contributed by atoms with van der Waals surface area (Å²) in [7, 11) is 0. The molecule has 156 valence electrons. The number of epoxide rings is 1. The molecular weight excluding hydrogens is 400 g/mol.